The summed E-state index contributed by atoms with van der Waals surface area (Å²) in [7, 11) is 0.765. The van der Waals surface area contributed by atoms with Crippen LogP contribution in [0.1, 0.15) is 42.5 Å². The smallest absolute Gasteiger partial charge is 0.491 e. The van der Waals surface area contributed by atoms with Crippen molar-refractivity contribution in [3.8, 4) is 11.5 Å². The molecule has 0 aromatic carbocycles. The van der Waals surface area contributed by atoms with Gasteiger partial charge in [-0.15, -0.1) is 13.2 Å². The van der Waals surface area contributed by atoms with Gasteiger partial charge < -0.3 is 14.4 Å². The first kappa shape index (κ1) is 21.8. The third-order valence-corrected chi connectivity index (χ3v) is 3.50. The Morgan fingerprint density at radius 2 is 1.58 bits per heavy atom. The lowest BCUT2D eigenvalue weighted by Gasteiger charge is -2.24. The first-order valence-corrected chi connectivity index (χ1v) is 7.64. The third kappa shape index (κ3) is 4.70. The van der Waals surface area contributed by atoms with Gasteiger partial charge in [0.2, 0.25) is 0 Å². The van der Waals surface area contributed by atoms with Crippen molar-refractivity contribution in [1.29, 1.82) is 0 Å². The monoisotopic (exact) mass is 388 g/mol. The topological polar surface area (TPSA) is 51.7 Å². The number of carbonyl (C=O) groups excluding carboxylic acids is 1. The molecule has 0 N–H and O–H groups in total. The molecule has 0 atom stereocenters. The molecular formula is C15H18F6N2O3. The Bertz CT molecular complexity index is 654. The van der Waals surface area contributed by atoms with E-state index in [4.69, 9.17) is 0 Å². The van der Waals surface area contributed by atoms with E-state index >= 15 is 0 Å². The summed E-state index contributed by atoms with van der Waals surface area (Å²) in [5, 5.41) is 0. The number of pyridine rings is 1. The first-order valence-electron chi connectivity index (χ1n) is 7.64. The van der Waals surface area contributed by atoms with Gasteiger partial charge in [-0.1, -0.05) is 6.92 Å². The lowest BCUT2D eigenvalue weighted by molar-refractivity contribution is -0.275. The SMILES string of the molecule is CCc1c(C(=O)N(CC)CC)nc(C(F)(F)F)c(OC)c1OC(F)(F)F. The van der Waals surface area contributed by atoms with Gasteiger partial charge in [0.25, 0.3) is 5.91 Å². The number of amides is 1. The van der Waals surface area contributed by atoms with Crippen LogP contribution in [0.25, 0.3) is 0 Å². The number of hydrogen-bond donors (Lipinski definition) is 0. The lowest BCUT2D eigenvalue weighted by Crippen LogP contribution is -2.33. The molecule has 0 fully saturated rings. The highest BCUT2D eigenvalue weighted by Gasteiger charge is 2.43. The number of aromatic nitrogens is 1. The number of carbonyl (C=O) groups is 1. The number of halogens is 6. The molecule has 26 heavy (non-hydrogen) atoms. The average Bonchev–Trinajstić information content (AvgIpc) is 2.52. The molecule has 0 saturated carbocycles. The van der Waals surface area contributed by atoms with Gasteiger partial charge in [0.05, 0.1) is 7.11 Å². The number of ether oxygens (including phenoxy) is 2. The molecule has 0 aliphatic rings. The second kappa shape index (κ2) is 8.00. The summed E-state index contributed by atoms with van der Waals surface area (Å²) in [4.78, 5) is 17.0. The zero-order valence-corrected chi connectivity index (χ0v) is 14.5. The molecule has 1 aromatic heterocycles. The zero-order valence-electron chi connectivity index (χ0n) is 14.5. The quantitative estimate of drug-likeness (QED) is 0.690. The minimum absolute atomic E-state index is 0.142. The molecular weight excluding hydrogens is 370 g/mol. The predicted octanol–water partition coefficient (Wildman–Crippen LogP) is 4.05. The van der Waals surface area contributed by atoms with Crippen LogP contribution in [0, 0.1) is 0 Å². The molecule has 1 aromatic rings. The van der Waals surface area contributed by atoms with Crippen LogP contribution in [0.2, 0.25) is 0 Å². The Labute approximate surface area is 145 Å². The van der Waals surface area contributed by atoms with Crippen LogP contribution in [0.4, 0.5) is 26.3 Å². The Kier molecular flexibility index (Phi) is 6.72. The van der Waals surface area contributed by atoms with E-state index in [1.807, 2.05) is 0 Å². The Morgan fingerprint density at radius 1 is 1.04 bits per heavy atom. The largest absolute Gasteiger partial charge is 0.573 e. The summed E-state index contributed by atoms with van der Waals surface area (Å²) < 4.78 is 86.4. The maximum Gasteiger partial charge on any atom is 0.573 e. The molecule has 0 bridgehead atoms. The molecule has 0 spiro atoms. The van der Waals surface area contributed by atoms with Crippen molar-refractivity contribution < 1.29 is 40.6 Å². The standard InChI is InChI=1S/C15H18F6N2O3/c1-5-8-9(13(24)23(6-2)7-3)22-12(14(16,17)18)11(25-4)10(8)26-15(19,20)21/h5-7H2,1-4H3. The van der Waals surface area contributed by atoms with Crippen molar-refractivity contribution in [2.45, 2.75) is 39.7 Å². The van der Waals surface area contributed by atoms with Crippen molar-refractivity contribution in [1.82, 2.24) is 9.88 Å². The number of alkyl halides is 6. The fourth-order valence-corrected chi connectivity index (χ4v) is 2.35. The highest BCUT2D eigenvalue weighted by molar-refractivity contribution is 5.95. The van der Waals surface area contributed by atoms with Crippen LogP contribution >= 0.6 is 0 Å². The fourth-order valence-electron chi connectivity index (χ4n) is 2.35. The van der Waals surface area contributed by atoms with E-state index in [1.165, 1.54) is 6.92 Å². The van der Waals surface area contributed by atoms with Crippen molar-refractivity contribution in [2.24, 2.45) is 0 Å². The van der Waals surface area contributed by atoms with Crippen molar-refractivity contribution in [3.05, 3.63) is 17.0 Å². The number of methoxy groups -OCH3 is 1. The zero-order chi connectivity index (χ0) is 20.3. The number of hydrogen-bond acceptors (Lipinski definition) is 4. The molecule has 0 unspecified atom stereocenters. The molecule has 1 heterocycles. The molecule has 148 valence electrons. The summed E-state index contributed by atoms with van der Waals surface area (Å²) in [6, 6.07) is 0. The maximum atomic E-state index is 13.3. The molecule has 11 heteroatoms. The van der Waals surface area contributed by atoms with Gasteiger partial charge in [-0.05, 0) is 20.3 Å². The second-order valence-corrected chi connectivity index (χ2v) is 5.03. The summed E-state index contributed by atoms with van der Waals surface area (Å²) in [5.41, 5.74) is -2.92. The summed E-state index contributed by atoms with van der Waals surface area (Å²) in [6.07, 6.45) is -10.7. The molecule has 0 aliphatic carbocycles. The van der Waals surface area contributed by atoms with E-state index in [0.717, 1.165) is 12.0 Å². The van der Waals surface area contributed by atoms with Crippen LogP contribution in [0.5, 0.6) is 11.5 Å². The van der Waals surface area contributed by atoms with Crippen LogP contribution in [0.3, 0.4) is 0 Å². The van der Waals surface area contributed by atoms with E-state index in [0.29, 0.717) is 0 Å². The maximum absolute atomic E-state index is 13.3. The van der Waals surface area contributed by atoms with Crippen molar-refractivity contribution in [2.75, 3.05) is 20.2 Å². The van der Waals surface area contributed by atoms with E-state index in [1.54, 1.807) is 13.8 Å². The van der Waals surface area contributed by atoms with Gasteiger partial charge >= 0.3 is 12.5 Å². The van der Waals surface area contributed by atoms with Gasteiger partial charge in [-0.3, -0.25) is 4.79 Å². The Hall–Kier alpha value is -2.20. The highest BCUT2D eigenvalue weighted by Crippen LogP contribution is 2.45. The molecule has 5 nitrogen and oxygen atoms in total. The van der Waals surface area contributed by atoms with Crippen LogP contribution in [-0.4, -0.2) is 42.4 Å². The van der Waals surface area contributed by atoms with Crippen LogP contribution in [0.15, 0.2) is 0 Å². The van der Waals surface area contributed by atoms with Gasteiger partial charge in [0.15, 0.2) is 17.2 Å². The second-order valence-electron chi connectivity index (χ2n) is 5.03. The summed E-state index contributed by atoms with van der Waals surface area (Å²) >= 11 is 0. The predicted molar refractivity (Wildman–Crippen MR) is 79.1 cm³/mol. The summed E-state index contributed by atoms with van der Waals surface area (Å²) in [6.45, 7) is 4.81. The molecule has 1 amide bonds. The van der Waals surface area contributed by atoms with Crippen LogP contribution < -0.4 is 9.47 Å². The molecule has 0 radical (unpaired) electrons. The normalized spacial score (nSPS) is 12.1. The Balaban J connectivity index is 3.85. The van der Waals surface area contributed by atoms with Crippen molar-refractivity contribution in [3.63, 3.8) is 0 Å². The van der Waals surface area contributed by atoms with Crippen molar-refractivity contribution >= 4 is 5.91 Å². The van der Waals surface area contributed by atoms with Gasteiger partial charge in [0, 0.05) is 18.7 Å². The Morgan fingerprint density at radius 3 is 1.92 bits per heavy atom. The molecule has 0 aliphatic heterocycles. The van der Waals surface area contributed by atoms with Gasteiger partial charge in [-0.2, -0.15) is 13.2 Å². The molecule has 0 saturated heterocycles. The fraction of sp³-hybridized carbons (Fsp3) is 0.600. The first-order chi connectivity index (χ1) is 11.9. The number of rotatable bonds is 6. The lowest BCUT2D eigenvalue weighted by atomic mass is 10.1. The van der Waals surface area contributed by atoms with E-state index < -0.39 is 46.9 Å². The summed E-state index contributed by atoms with van der Waals surface area (Å²) in [5.74, 6) is -3.35. The van der Waals surface area contributed by atoms with Crippen LogP contribution in [-0.2, 0) is 12.6 Å². The third-order valence-electron chi connectivity index (χ3n) is 3.50. The number of nitrogens with zero attached hydrogens (tertiary/aromatic N) is 2. The van der Waals surface area contributed by atoms with Gasteiger partial charge in [0.1, 0.15) is 5.69 Å². The highest BCUT2D eigenvalue weighted by atomic mass is 19.4. The molecule has 1 rings (SSSR count). The van der Waals surface area contributed by atoms with Gasteiger partial charge in [-0.25, -0.2) is 4.98 Å². The van der Waals surface area contributed by atoms with E-state index in [9.17, 15) is 31.1 Å². The average molecular weight is 388 g/mol. The minimum atomic E-state index is -5.28. The van der Waals surface area contributed by atoms with E-state index in [2.05, 4.69) is 14.5 Å². The van der Waals surface area contributed by atoms with E-state index in [-0.39, 0.29) is 19.5 Å². The minimum Gasteiger partial charge on any atom is -0.491 e.